The van der Waals surface area contributed by atoms with E-state index in [-0.39, 0.29) is 23.5 Å². The summed E-state index contributed by atoms with van der Waals surface area (Å²) >= 11 is 0. The van der Waals surface area contributed by atoms with E-state index in [1.54, 1.807) is 6.07 Å². The van der Waals surface area contributed by atoms with E-state index in [2.05, 4.69) is 5.32 Å². The monoisotopic (exact) mass is 406 g/mol. The number of quaternary nitrogens is 1. The van der Waals surface area contributed by atoms with Crippen molar-refractivity contribution in [3.8, 4) is 0 Å². The lowest BCUT2D eigenvalue weighted by Gasteiger charge is -2.33. The molecule has 0 bridgehead atoms. The van der Waals surface area contributed by atoms with E-state index in [9.17, 15) is 18.8 Å². The van der Waals surface area contributed by atoms with Gasteiger partial charge in [0.25, 0.3) is 5.91 Å². The van der Waals surface area contributed by atoms with Gasteiger partial charge < -0.3 is 10.2 Å². The molecule has 5 atom stereocenters. The second-order valence-electron chi connectivity index (χ2n) is 8.75. The highest BCUT2D eigenvalue weighted by atomic mass is 19.1. The average Bonchev–Trinajstić information content (AvgIpc) is 3.42. The van der Waals surface area contributed by atoms with Gasteiger partial charge in [-0.3, -0.25) is 14.4 Å². The highest BCUT2D eigenvalue weighted by Gasteiger charge is 2.78. The van der Waals surface area contributed by atoms with E-state index in [1.807, 2.05) is 25.1 Å². The molecule has 2 aromatic carbocycles. The Morgan fingerprint density at radius 3 is 2.70 bits per heavy atom. The van der Waals surface area contributed by atoms with E-state index in [4.69, 9.17) is 0 Å². The molecule has 3 amide bonds. The molecule has 152 valence electrons. The molecule has 0 saturated carbocycles. The third-order valence-electron chi connectivity index (χ3n) is 7.55. The summed E-state index contributed by atoms with van der Waals surface area (Å²) in [7, 11) is 0. The van der Waals surface area contributed by atoms with Gasteiger partial charge in [-0.2, -0.15) is 0 Å². The summed E-state index contributed by atoms with van der Waals surface area (Å²) < 4.78 is 14.5. The van der Waals surface area contributed by atoms with E-state index >= 15 is 0 Å². The number of hydrogen-bond donors (Lipinski definition) is 2. The molecular formula is C23H21FN3O3+. The molecule has 4 aliphatic heterocycles. The fourth-order valence-electron chi connectivity index (χ4n) is 6.50. The highest BCUT2D eigenvalue weighted by Crippen LogP contribution is 2.52. The van der Waals surface area contributed by atoms with Crippen molar-refractivity contribution in [1.29, 1.82) is 0 Å². The predicted octanol–water partition coefficient (Wildman–Crippen LogP) is 1.15. The summed E-state index contributed by atoms with van der Waals surface area (Å²) in [5.41, 5.74) is 1.29. The zero-order chi connectivity index (χ0) is 20.8. The number of para-hydroxylation sites is 2. The minimum Gasteiger partial charge on any atom is -0.320 e. The number of anilines is 2. The second kappa shape index (κ2) is 5.76. The minimum absolute atomic E-state index is 0.0283. The lowest BCUT2D eigenvalue weighted by Crippen LogP contribution is -3.19. The van der Waals surface area contributed by atoms with Gasteiger partial charge in [0.15, 0.2) is 0 Å². The number of amides is 3. The molecule has 1 spiro atoms. The van der Waals surface area contributed by atoms with Crippen LogP contribution in [-0.4, -0.2) is 30.3 Å². The third kappa shape index (κ3) is 1.85. The van der Waals surface area contributed by atoms with Gasteiger partial charge in [-0.1, -0.05) is 30.3 Å². The number of rotatable bonds is 1. The normalized spacial score (nSPS) is 33.8. The molecule has 3 fully saturated rings. The Kier molecular flexibility index (Phi) is 3.41. The first kappa shape index (κ1) is 17.8. The zero-order valence-corrected chi connectivity index (χ0v) is 16.4. The molecule has 30 heavy (non-hydrogen) atoms. The molecule has 0 aromatic heterocycles. The van der Waals surface area contributed by atoms with Crippen molar-refractivity contribution in [2.75, 3.05) is 16.8 Å². The summed E-state index contributed by atoms with van der Waals surface area (Å²) in [5.74, 6) is -3.14. The lowest BCUT2D eigenvalue weighted by molar-refractivity contribution is -0.948. The molecule has 6 nitrogen and oxygen atoms in total. The van der Waals surface area contributed by atoms with Crippen molar-refractivity contribution in [1.82, 2.24) is 0 Å². The number of nitrogens with zero attached hydrogens (tertiary/aromatic N) is 1. The van der Waals surface area contributed by atoms with Crippen LogP contribution in [0.5, 0.6) is 0 Å². The molecule has 4 heterocycles. The Morgan fingerprint density at radius 2 is 1.90 bits per heavy atom. The Bertz CT molecular complexity index is 1150. The maximum Gasteiger partial charge on any atom is 0.291 e. The van der Waals surface area contributed by atoms with Gasteiger partial charge in [0.1, 0.15) is 23.7 Å². The third-order valence-corrected chi connectivity index (χ3v) is 7.55. The number of nitrogens with one attached hydrogen (secondary N) is 2. The number of aryl methyl sites for hydroxylation is 1. The van der Waals surface area contributed by atoms with Crippen molar-refractivity contribution in [2.45, 2.75) is 31.3 Å². The highest BCUT2D eigenvalue weighted by molar-refractivity contribution is 6.25. The molecule has 1 unspecified atom stereocenters. The Morgan fingerprint density at radius 1 is 1.10 bits per heavy atom. The standard InChI is InChI=1S/C23H20FN3O3/c1-12-6-4-7-13-19(12)25-22(30)23(13)18-17(16-10-5-11-26(16)23)20(28)27(21(18)29)15-9-3-2-8-14(15)24/h2-4,6-9,16-18H,5,10-11H2,1H3,(H,25,30)/p+1/t16-,17+,18-,23+/m0/s1. The Labute approximate surface area is 172 Å². The van der Waals surface area contributed by atoms with Gasteiger partial charge in [-0.05, 0) is 24.6 Å². The average molecular weight is 406 g/mol. The Hall–Kier alpha value is -3.06. The molecule has 7 heteroatoms. The number of halogens is 1. The van der Waals surface area contributed by atoms with Crippen LogP contribution in [0.2, 0.25) is 0 Å². The smallest absolute Gasteiger partial charge is 0.291 e. The van der Waals surface area contributed by atoms with Gasteiger partial charge in [-0.15, -0.1) is 0 Å². The van der Waals surface area contributed by atoms with Crippen molar-refractivity contribution in [2.24, 2.45) is 11.8 Å². The summed E-state index contributed by atoms with van der Waals surface area (Å²) in [5, 5.41) is 3.01. The number of hydrogen-bond acceptors (Lipinski definition) is 3. The maximum absolute atomic E-state index is 14.5. The van der Waals surface area contributed by atoms with Crippen LogP contribution in [0, 0.1) is 24.6 Å². The molecule has 0 aliphatic carbocycles. The summed E-state index contributed by atoms with van der Waals surface area (Å²) in [6.45, 7) is 2.66. The topological polar surface area (TPSA) is 70.9 Å². The summed E-state index contributed by atoms with van der Waals surface area (Å²) in [4.78, 5) is 42.8. The van der Waals surface area contributed by atoms with Crippen molar-refractivity contribution >= 4 is 29.1 Å². The quantitative estimate of drug-likeness (QED) is 0.698. The van der Waals surface area contributed by atoms with Crippen molar-refractivity contribution in [3.63, 3.8) is 0 Å². The number of carbonyl (C=O) groups is 3. The fourth-order valence-corrected chi connectivity index (χ4v) is 6.50. The van der Waals surface area contributed by atoms with Gasteiger partial charge in [0.05, 0.1) is 17.9 Å². The second-order valence-corrected chi connectivity index (χ2v) is 8.75. The Balaban J connectivity index is 1.59. The van der Waals surface area contributed by atoms with Crippen LogP contribution in [0.15, 0.2) is 42.5 Å². The summed E-state index contributed by atoms with van der Waals surface area (Å²) in [6, 6.07) is 11.4. The van der Waals surface area contributed by atoms with Crippen LogP contribution in [0.25, 0.3) is 0 Å². The van der Waals surface area contributed by atoms with E-state index < -0.39 is 29.1 Å². The zero-order valence-electron chi connectivity index (χ0n) is 16.4. The van der Waals surface area contributed by atoms with E-state index in [0.29, 0.717) is 0 Å². The molecule has 2 N–H and O–H groups in total. The first-order chi connectivity index (χ1) is 14.5. The number of imide groups is 1. The van der Waals surface area contributed by atoms with Crippen molar-refractivity contribution < 1.29 is 23.7 Å². The molecular weight excluding hydrogens is 385 g/mol. The fraction of sp³-hybridized carbons (Fsp3) is 0.348. The van der Waals surface area contributed by atoms with E-state index in [1.165, 1.54) is 18.2 Å². The predicted molar refractivity (Wildman–Crippen MR) is 106 cm³/mol. The van der Waals surface area contributed by atoms with Gasteiger partial charge in [-0.25, -0.2) is 9.29 Å². The summed E-state index contributed by atoms with van der Waals surface area (Å²) in [6.07, 6.45) is 1.66. The van der Waals surface area contributed by atoms with Crippen molar-refractivity contribution in [3.05, 3.63) is 59.4 Å². The van der Waals surface area contributed by atoms with Gasteiger partial charge in [0.2, 0.25) is 17.4 Å². The maximum atomic E-state index is 14.5. The van der Waals surface area contributed by atoms with Crippen LogP contribution < -0.4 is 15.1 Å². The number of benzene rings is 2. The first-order valence-corrected chi connectivity index (χ1v) is 10.4. The van der Waals surface area contributed by atoms with Crippen LogP contribution in [0.4, 0.5) is 15.8 Å². The SMILES string of the molecule is Cc1cccc2c1NC(=O)[C@]21[C@@H]2C(=O)N(c3ccccc3F)C(=O)[C@@H]2[C@@H]2CCC[NH+]21. The molecule has 6 rings (SSSR count). The van der Waals surface area contributed by atoms with Crippen LogP contribution >= 0.6 is 0 Å². The molecule has 4 aliphatic rings. The van der Waals surface area contributed by atoms with Crippen LogP contribution in [-0.2, 0) is 19.9 Å². The molecule has 2 aromatic rings. The van der Waals surface area contributed by atoms with Crippen LogP contribution in [0.1, 0.15) is 24.0 Å². The number of fused-ring (bicyclic) bond motifs is 7. The van der Waals surface area contributed by atoms with Gasteiger partial charge in [0, 0.05) is 18.4 Å². The van der Waals surface area contributed by atoms with E-state index in [0.717, 1.165) is 46.0 Å². The largest absolute Gasteiger partial charge is 0.320 e. The van der Waals surface area contributed by atoms with Gasteiger partial charge >= 0.3 is 0 Å². The molecule has 0 radical (unpaired) electrons. The lowest BCUT2D eigenvalue weighted by atomic mass is 9.75. The first-order valence-electron chi connectivity index (χ1n) is 10.4. The minimum atomic E-state index is -1.14. The molecule has 3 saturated heterocycles. The van der Waals surface area contributed by atoms with Crippen LogP contribution in [0.3, 0.4) is 0 Å². The number of carbonyl (C=O) groups excluding carboxylic acids is 3.